The van der Waals surface area contributed by atoms with Crippen molar-refractivity contribution < 1.29 is 9.84 Å². The molecule has 0 bridgehead atoms. The van der Waals surface area contributed by atoms with Crippen LogP contribution in [-0.2, 0) is 4.74 Å². The molecular weight excluding hydrogens is 256 g/mol. The maximum Gasteiger partial charge on any atom is 0.0988 e. The lowest BCUT2D eigenvalue weighted by molar-refractivity contribution is -0.100. The highest BCUT2D eigenvalue weighted by atomic mass is 16.5. The number of aromatic amines is 1. The molecule has 0 amide bonds. The van der Waals surface area contributed by atoms with E-state index in [-0.39, 0.29) is 18.3 Å². The second-order valence-corrected chi connectivity index (χ2v) is 5.93. The van der Waals surface area contributed by atoms with E-state index in [1.807, 2.05) is 26.0 Å². The molecule has 2 aromatic rings. The number of ether oxygens (including phenoxy) is 1. The van der Waals surface area contributed by atoms with E-state index >= 15 is 0 Å². The topological polar surface area (TPSA) is 87.4 Å². The van der Waals surface area contributed by atoms with E-state index in [4.69, 9.17) is 10.5 Å². The maximum atomic E-state index is 9.40. The summed E-state index contributed by atoms with van der Waals surface area (Å²) >= 11 is 0. The lowest BCUT2D eigenvalue weighted by atomic mass is 10.0. The first-order valence-corrected chi connectivity index (χ1v) is 6.75. The molecule has 6 heteroatoms. The molecule has 0 aliphatic carbocycles. The van der Waals surface area contributed by atoms with E-state index in [0.717, 1.165) is 23.1 Å². The highest BCUT2D eigenvalue weighted by Crippen LogP contribution is 2.32. The number of nitrogen functional groups attached to an aromatic ring is 1. The Bertz CT molecular complexity index is 623. The first kappa shape index (κ1) is 13.2. The highest BCUT2D eigenvalue weighted by molar-refractivity contribution is 5.89. The van der Waals surface area contributed by atoms with Crippen LogP contribution in [0.15, 0.2) is 18.3 Å². The minimum atomic E-state index is -0.318. The van der Waals surface area contributed by atoms with Crippen molar-refractivity contribution in [3.63, 3.8) is 0 Å². The molecule has 0 spiro atoms. The summed E-state index contributed by atoms with van der Waals surface area (Å²) in [5.41, 5.74) is 8.48. The third-order valence-corrected chi connectivity index (χ3v) is 3.61. The zero-order valence-corrected chi connectivity index (χ0v) is 11.8. The van der Waals surface area contributed by atoms with Crippen LogP contribution >= 0.6 is 0 Å². The average Bonchev–Trinajstić information content (AvgIpc) is 2.82. The maximum absolute atomic E-state index is 9.40. The van der Waals surface area contributed by atoms with Gasteiger partial charge in [-0.15, -0.1) is 0 Å². The van der Waals surface area contributed by atoms with Gasteiger partial charge in [-0.1, -0.05) is 0 Å². The summed E-state index contributed by atoms with van der Waals surface area (Å²) in [5.74, 6) is 0. The van der Waals surface area contributed by atoms with Crippen molar-refractivity contribution >= 4 is 22.3 Å². The van der Waals surface area contributed by atoms with Gasteiger partial charge in [0.1, 0.15) is 0 Å². The fourth-order valence-corrected chi connectivity index (χ4v) is 2.85. The van der Waals surface area contributed by atoms with Gasteiger partial charge in [-0.05, 0) is 26.0 Å². The Kier molecular flexibility index (Phi) is 3.07. The number of aliphatic hydroxyl groups excluding tert-OH is 1. The number of nitrogens with two attached hydrogens (primary N) is 1. The first-order chi connectivity index (χ1) is 9.48. The smallest absolute Gasteiger partial charge is 0.0988 e. The van der Waals surface area contributed by atoms with E-state index in [1.54, 1.807) is 6.20 Å². The van der Waals surface area contributed by atoms with Crippen LogP contribution in [-0.4, -0.2) is 46.7 Å². The van der Waals surface area contributed by atoms with Crippen LogP contribution < -0.4 is 10.6 Å². The van der Waals surface area contributed by atoms with Gasteiger partial charge in [0.15, 0.2) is 0 Å². The Morgan fingerprint density at radius 1 is 1.55 bits per heavy atom. The number of H-pyrrole nitrogens is 1. The number of anilines is 2. The van der Waals surface area contributed by atoms with Gasteiger partial charge in [-0.2, -0.15) is 5.10 Å². The molecule has 1 aromatic carbocycles. The number of aliphatic hydroxyl groups is 1. The normalized spacial score (nSPS) is 22.4. The van der Waals surface area contributed by atoms with Gasteiger partial charge in [-0.3, -0.25) is 5.10 Å². The van der Waals surface area contributed by atoms with Crippen molar-refractivity contribution in [2.24, 2.45) is 0 Å². The van der Waals surface area contributed by atoms with E-state index in [0.29, 0.717) is 12.2 Å². The Balaban J connectivity index is 1.98. The average molecular weight is 276 g/mol. The molecule has 1 atom stereocenters. The molecule has 1 fully saturated rings. The van der Waals surface area contributed by atoms with Crippen molar-refractivity contribution in [1.29, 1.82) is 0 Å². The quantitative estimate of drug-likeness (QED) is 0.715. The molecular formula is C14H20N4O2. The third kappa shape index (κ3) is 2.32. The van der Waals surface area contributed by atoms with Crippen LogP contribution in [0.2, 0.25) is 0 Å². The molecule has 0 radical (unpaired) electrons. The minimum Gasteiger partial charge on any atom is -0.397 e. The number of nitrogens with zero attached hydrogens (tertiary/aromatic N) is 2. The van der Waals surface area contributed by atoms with Crippen LogP contribution in [0.25, 0.3) is 10.9 Å². The largest absolute Gasteiger partial charge is 0.397 e. The Labute approximate surface area is 117 Å². The summed E-state index contributed by atoms with van der Waals surface area (Å²) in [5, 5.41) is 17.4. The molecule has 1 aliphatic heterocycles. The molecule has 3 rings (SSSR count). The number of hydrogen-bond acceptors (Lipinski definition) is 5. The van der Waals surface area contributed by atoms with Gasteiger partial charge in [0.2, 0.25) is 0 Å². The van der Waals surface area contributed by atoms with Crippen molar-refractivity contribution in [3.05, 3.63) is 18.3 Å². The Hall–Kier alpha value is -1.79. The molecule has 108 valence electrons. The molecule has 0 saturated carbocycles. The van der Waals surface area contributed by atoms with Crippen molar-refractivity contribution in [3.8, 4) is 0 Å². The molecule has 20 heavy (non-hydrogen) atoms. The van der Waals surface area contributed by atoms with E-state index in [9.17, 15) is 5.11 Å². The van der Waals surface area contributed by atoms with Gasteiger partial charge in [0.25, 0.3) is 0 Å². The van der Waals surface area contributed by atoms with Crippen LogP contribution in [0, 0.1) is 0 Å². The predicted octanol–water partition coefficient (Wildman–Crippen LogP) is 1.12. The lowest BCUT2D eigenvalue weighted by Crippen LogP contribution is -2.54. The summed E-state index contributed by atoms with van der Waals surface area (Å²) in [4.78, 5) is 2.17. The Morgan fingerprint density at radius 3 is 3.10 bits per heavy atom. The third-order valence-electron chi connectivity index (χ3n) is 3.61. The van der Waals surface area contributed by atoms with Crippen LogP contribution in [0.3, 0.4) is 0 Å². The number of fused-ring (bicyclic) bond motifs is 1. The monoisotopic (exact) mass is 276 g/mol. The molecule has 6 nitrogen and oxygen atoms in total. The fourth-order valence-electron chi connectivity index (χ4n) is 2.85. The van der Waals surface area contributed by atoms with E-state index < -0.39 is 0 Å². The molecule has 1 unspecified atom stereocenters. The van der Waals surface area contributed by atoms with Gasteiger partial charge in [0.05, 0.1) is 41.4 Å². The van der Waals surface area contributed by atoms with Gasteiger partial charge in [-0.25, -0.2) is 0 Å². The Morgan fingerprint density at radius 2 is 2.35 bits per heavy atom. The van der Waals surface area contributed by atoms with Crippen molar-refractivity contribution in [1.82, 2.24) is 10.2 Å². The zero-order valence-electron chi connectivity index (χ0n) is 11.8. The lowest BCUT2D eigenvalue weighted by Gasteiger charge is -2.43. The SMILES string of the molecule is CC1(C)CN(c2cc3[nH]ncc3cc2N)CC(CO)O1. The first-order valence-electron chi connectivity index (χ1n) is 6.75. The second-order valence-electron chi connectivity index (χ2n) is 5.93. The summed E-state index contributed by atoms with van der Waals surface area (Å²) in [6.07, 6.45) is 1.56. The predicted molar refractivity (Wildman–Crippen MR) is 78.8 cm³/mol. The van der Waals surface area contributed by atoms with Crippen LogP contribution in [0.5, 0.6) is 0 Å². The molecule has 1 aromatic heterocycles. The second kappa shape index (κ2) is 4.64. The standard InChI is InChI=1S/C14H20N4O2/c1-14(2)8-18(6-10(7-19)20-14)13-4-12-9(3-11(13)15)5-16-17-12/h3-5,10,19H,6-8,15H2,1-2H3,(H,16,17). The van der Waals surface area contributed by atoms with E-state index in [2.05, 4.69) is 15.1 Å². The molecule has 1 saturated heterocycles. The van der Waals surface area contributed by atoms with Gasteiger partial charge in [0, 0.05) is 18.5 Å². The summed E-state index contributed by atoms with van der Waals surface area (Å²) < 4.78 is 5.83. The van der Waals surface area contributed by atoms with Crippen LogP contribution in [0.1, 0.15) is 13.8 Å². The fraction of sp³-hybridized carbons (Fsp3) is 0.500. The number of nitrogens with one attached hydrogen (secondary N) is 1. The van der Waals surface area contributed by atoms with Crippen LogP contribution in [0.4, 0.5) is 11.4 Å². The minimum absolute atomic E-state index is 0.00609. The number of rotatable bonds is 2. The summed E-state index contributed by atoms with van der Waals surface area (Å²) in [7, 11) is 0. The summed E-state index contributed by atoms with van der Waals surface area (Å²) in [6, 6.07) is 3.93. The molecule has 2 heterocycles. The molecule has 1 aliphatic rings. The number of aromatic nitrogens is 2. The van der Waals surface area contributed by atoms with Gasteiger partial charge < -0.3 is 20.5 Å². The number of morpholine rings is 1. The number of hydrogen-bond donors (Lipinski definition) is 3. The zero-order chi connectivity index (χ0) is 14.3. The molecule has 4 N–H and O–H groups in total. The van der Waals surface area contributed by atoms with Gasteiger partial charge >= 0.3 is 0 Å². The summed E-state index contributed by atoms with van der Waals surface area (Å²) in [6.45, 7) is 5.41. The van der Waals surface area contributed by atoms with E-state index in [1.165, 1.54) is 0 Å². The highest BCUT2D eigenvalue weighted by Gasteiger charge is 2.33. The number of benzene rings is 1. The van der Waals surface area contributed by atoms with Crippen molar-refractivity contribution in [2.45, 2.75) is 25.6 Å². The van der Waals surface area contributed by atoms with Crippen molar-refractivity contribution in [2.75, 3.05) is 30.3 Å².